The third kappa shape index (κ3) is 4.39. The molecule has 0 spiro atoms. The first-order valence-corrected chi connectivity index (χ1v) is 7.26. The number of nitrogens with two attached hydrogens (primary N) is 1. The lowest BCUT2D eigenvalue weighted by Gasteiger charge is -2.09. The van der Waals surface area contributed by atoms with Gasteiger partial charge < -0.3 is 11.1 Å². The first-order chi connectivity index (χ1) is 10.6. The molecule has 0 aliphatic heterocycles. The Balaban J connectivity index is 2.11. The highest BCUT2D eigenvalue weighted by Crippen LogP contribution is 2.15. The lowest BCUT2D eigenvalue weighted by Crippen LogP contribution is -2.12. The van der Waals surface area contributed by atoms with Gasteiger partial charge in [0.15, 0.2) is 0 Å². The zero-order valence-electron chi connectivity index (χ0n) is 12.9. The number of amides is 1. The molecule has 0 aliphatic carbocycles. The van der Waals surface area contributed by atoms with Crippen molar-refractivity contribution in [3.8, 4) is 11.8 Å². The Labute approximate surface area is 131 Å². The quantitative estimate of drug-likeness (QED) is 0.666. The van der Waals surface area contributed by atoms with Crippen molar-refractivity contribution < 1.29 is 4.79 Å². The molecule has 0 heterocycles. The molecule has 0 bridgehead atoms. The number of hydrogen-bond donors (Lipinski definition) is 2. The largest absolute Gasteiger partial charge is 0.399 e. The smallest absolute Gasteiger partial charge is 0.255 e. The summed E-state index contributed by atoms with van der Waals surface area (Å²) in [7, 11) is 0. The number of anilines is 2. The maximum atomic E-state index is 12.3. The van der Waals surface area contributed by atoms with Gasteiger partial charge in [-0.25, -0.2) is 0 Å². The van der Waals surface area contributed by atoms with E-state index in [0.29, 0.717) is 16.9 Å². The van der Waals surface area contributed by atoms with E-state index in [2.05, 4.69) is 24.1 Å². The Kier molecular flexibility index (Phi) is 5.21. The van der Waals surface area contributed by atoms with Crippen molar-refractivity contribution in [2.45, 2.75) is 20.3 Å². The van der Waals surface area contributed by atoms with Gasteiger partial charge in [0.1, 0.15) is 0 Å². The number of nitrogen functional groups attached to an aromatic ring is 1. The molecule has 0 radical (unpaired) electrons. The van der Waals surface area contributed by atoms with Gasteiger partial charge in [0.25, 0.3) is 5.91 Å². The molecule has 2 rings (SSSR count). The van der Waals surface area contributed by atoms with E-state index in [9.17, 15) is 4.79 Å². The van der Waals surface area contributed by atoms with E-state index >= 15 is 0 Å². The van der Waals surface area contributed by atoms with E-state index in [1.165, 1.54) is 0 Å². The van der Waals surface area contributed by atoms with E-state index in [0.717, 1.165) is 12.0 Å². The van der Waals surface area contributed by atoms with Gasteiger partial charge in [-0.2, -0.15) is 0 Å². The summed E-state index contributed by atoms with van der Waals surface area (Å²) in [6.45, 7) is 3.92. The average Bonchev–Trinajstić information content (AvgIpc) is 2.47. The molecule has 0 aliphatic rings. The number of benzene rings is 2. The number of carbonyl (C=O) groups is 1. The van der Waals surface area contributed by atoms with Crippen LogP contribution in [0.5, 0.6) is 0 Å². The molecular formula is C19H20N2O. The minimum Gasteiger partial charge on any atom is -0.399 e. The number of nitrogens with one attached hydrogen (secondary N) is 1. The van der Waals surface area contributed by atoms with Crippen LogP contribution in [-0.4, -0.2) is 5.91 Å². The van der Waals surface area contributed by atoms with Gasteiger partial charge in [-0.15, -0.1) is 11.8 Å². The topological polar surface area (TPSA) is 55.1 Å². The Bertz CT molecular complexity index is 725. The number of hydrogen-bond acceptors (Lipinski definition) is 2. The molecule has 0 aromatic heterocycles. The molecule has 3 nitrogen and oxygen atoms in total. The Morgan fingerprint density at radius 1 is 1.23 bits per heavy atom. The molecule has 0 saturated heterocycles. The molecule has 1 atom stereocenters. The first-order valence-electron chi connectivity index (χ1n) is 7.26. The zero-order chi connectivity index (χ0) is 15.9. The molecule has 2 aromatic carbocycles. The second-order valence-corrected chi connectivity index (χ2v) is 5.28. The van der Waals surface area contributed by atoms with E-state index in [4.69, 9.17) is 5.73 Å². The van der Waals surface area contributed by atoms with Crippen LogP contribution < -0.4 is 11.1 Å². The van der Waals surface area contributed by atoms with E-state index in [1.807, 2.05) is 37.3 Å². The van der Waals surface area contributed by atoms with Crippen LogP contribution in [0.1, 0.15) is 29.8 Å². The maximum absolute atomic E-state index is 12.3. The van der Waals surface area contributed by atoms with Gasteiger partial charge in [0, 0.05) is 22.9 Å². The fourth-order valence-corrected chi connectivity index (χ4v) is 2.31. The minimum atomic E-state index is -0.137. The molecule has 3 N–H and O–H groups in total. The standard InChI is InChI=1S/C19H20N2O/c1-3-6-14(2)11-15-7-4-8-16(12-15)19(22)21-18-10-5-9-17(20)13-18/h4-5,7-10,12-14H,11,20H2,1-2H3,(H,21,22). The number of carbonyl (C=O) groups excluding carboxylic acids is 1. The average molecular weight is 292 g/mol. The minimum absolute atomic E-state index is 0.137. The van der Waals surface area contributed by atoms with Crippen LogP contribution in [-0.2, 0) is 6.42 Å². The van der Waals surface area contributed by atoms with Gasteiger partial charge in [0.2, 0.25) is 0 Å². The van der Waals surface area contributed by atoms with Gasteiger partial charge in [-0.1, -0.05) is 25.1 Å². The molecule has 0 saturated carbocycles. The summed E-state index contributed by atoms with van der Waals surface area (Å²) >= 11 is 0. The highest BCUT2D eigenvalue weighted by molar-refractivity contribution is 6.04. The predicted octanol–water partition coefficient (Wildman–Crippen LogP) is 3.72. The van der Waals surface area contributed by atoms with Gasteiger partial charge in [-0.05, 0) is 49.2 Å². The van der Waals surface area contributed by atoms with Gasteiger partial charge in [-0.3, -0.25) is 4.79 Å². The van der Waals surface area contributed by atoms with Gasteiger partial charge >= 0.3 is 0 Å². The second-order valence-electron chi connectivity index (χ2n) is 5.28. The summed E-state index contributed by atoms with van der Waals surface area (Å²) in [5.41, 5.74) is 8.78. The Hall–Kier alpha value is -2.73. The van der Waals surface area contributed by atoms with Crippen molar-refractivity contribution in [1.82, 2.24) is 0 Å². The summed E-state index contributed by atoms with van der Waals surface area (Å²) in [6.07, 6.45) is 0.834. The molecular weight excluding hydrogens is 272 g/mol. The molecule has 0 fully saturated rings. The van der Waals surface area contributed by atoms with Crippen LogP contribution in [0, 0.1) is 17.8 Å². The number of rotatable bonds is 4. The lowest BCUT2D eigenvalue weighted by molar-refractivity contribution is 0.102. The van der Waals surface area contributed by atoms with Crippen molar-refractivity contribution in [1.29, 1.82) is 0 Å². The van der Waals surface area contributed by atoms with Crippen molar-refractivity contribution in [2.24, 2.45) is 5.92 Å². The highest BCUT2D eigenvalue weighted by Gasteiger charge is 2.08. The van der Waals surface area contributed by atoms with Crippen LogP contribution in [0.15, 0.2) is 48.5 Å². The second kappa shape index (κ2) is 7.33. The van der Waals surface area contributed by atoms with Crippen LogP contribution in [0.3, 0.4) is 0 Å². The Morgan fingerprint density at radius 3 is 2.73 bits per heavy atom. The highest BCUT2D eigenvalue weighted by atomic mass is 16.1. The third-order valence-corrected chi connectivity index (χ3v) is 3.27. The van der Waals surface area contributed by atoms with Crippen LogP contribution in [0.25, 0.3) is 0 Å². The summed E-state index contributed by atoms with van der Waals surface area (Å²) < 4.78 is 0. The molecule has 1 unspecified atom stereocenters. The maximum Gasteiger partial charge on any atom is 0.255 e. The Morgan fingerprint density at radius 2 is 2.00 bits per heavy atom. The summed E-state index contributed by atoms with van der Waals surface area (Å²) in [5.74, 6) is 6.18. The van der Waals surface area contributed by atoms with E-state index < -0.39 is 0 Å². The normalized spacial score (nSPS) is 11.2. The lowest BCUT2D eigenvalue weighted by atomic mass is 9.99. The zero-order valence-corrected chi connectivity index (χ0v) is 12.9. The van der Waals surface area contributed by atoms with Crippen molar-refractivity contribution in [2.75, 3.05) is 11.1 Å². The summed E-state index contributed by atoms with van der Waals surface area (Å²) in [4.78, 5) is 12.3. The fraction of sp³-hybridized carbons (Fsp3) is 0.211. The monoisotopic (exact) mass is 292 g/mol. The van der Waals surface area contributed by atoms with Gasteiger partial charge in [0.05, 0.1) is 0 Å². The van der Waals surface area contributed by atoms with Crippen molar-refractivity contribution >= 4 is 17.3 Å². The third-order valence-electron chi connectivity index (χ3n) is 3.27. The van der Waals surface area contributed by atoms with Crippen molar-refractivity contribution in [3.05, 3.63) is 59.7 Å². The molecule has 2 aromatic rings. The van der Waals surface area contributed by atoms with E-state index in [-0.39, 0.29) is 11.8 Å². The first kappa shape index (κ1) is 15.7. The summed E-state index contributed by atoms with van der Waals surface area (Å²) in [6, 6.07) is 14.8. The van der Waals surface area contributed by atoms with Crippen LogP contribution in [0.2, 0.25) is 0 Å². The van der Waals surface area contributed by atoms with Crippen LogP contribution in [0.4, 0.5) is 11.4 Å². The van der Waals surface area contributed by atoms with Crippen molar-refractivity contribution in [3.63, 3.8) is 0 Å². The fourth-order valence-electron chi connectivity index (χ4n) is 2.31. The summed E-state index contributed by atoms with van der Waals surface area (Å²) in [5, 5.41) is 2.86. The van der Waals surface area contributed by atoms with E-state index in [1.54, 1.807) is 18.2 Å². The SMILES string of the molecule is CC#CC(C)Cc1cccc(C(=O)Nc2cccc(N)c2)c1. The molecule has 1 amide bonds. The molecule has 112 valence electrons. The molecule has 22 heavy (non-hydrogen) atoms. The molecule has 3 heteroatoms. The van der Waals surface area contributed by atoms with Crippen LogP contribution >= 0.6 is 0 Å². The predicted molar refractivity (Wildman–Crippen MR) is 91.6 cm³/mol.